The van der Waals surface area contributed by atoms with Gasteiger partial charge in [0.25, 0.3) is 0 Å². The molecule has 1 aliphatic heterocycles. The first-order valence-corrected chi connectivity index (χ1v) is 7.09. The molecule has 1 fully saturated rings. The van der Waals surface area contributed by atoms with E-state index in [2.05, 4.69) is 30.1 Å². The predicted octanol–water partition coefficient (Wildman–Crippen LogP) is 2.47. The minimum atomic E-state index is -0.0126. The van der Waals surface area contributed by atoms with Crippen LogP contribution >= 0.6 is 0 Å². The Bertz CT molecular complexity index is 511. The molecule has 1 aliphatic rings. The standard InChI is InChI=1S/C16H21N3O/c1-12-6-13(2)10-19(9-12)11-16(20)18-15-5-3-4-14(7-15)8-17/h3-5,7,12-13H,6,9-11H2,1-2H3,(H,18,20)/t12-,13+. The fourth-order valence-electron chi connectivity index (χ4n) is 2.99. The van der Waals surface area contributed by atoms with Crippen molar-refractivity contribution in [1.82, 2.24) is 4.90 Å². The maximum Gasteiger partial charge on any atom is 0.238 e. The Labute approximate surface area is 120 Å². The zero-order valence-corrected chi connectivity index (χ0v) is 12.1. The molecule has 2 atom stereocenters. The summed E-state index contributed by atoms with van der Waals surface area (Å²) in [5.41, 5.74) is 1.25. The summed E-state index contributed by atoms with van der Waals surface area (Å²) < 4.78 is 0. The van der Waals surface area contributed by atoms with Gasteiger partial charge in [-0.05, 0) is 36.5 Å². The van der Waals surface area contributed by atoms with Gasteiger partial charge in [0.2, 0.25) is 5.91 Å². The molecule has 1 amide bonds. The van der Waals surface area contributed by atoms with E-state index in [4.69, 9.17) is 5.26 Å². The lowest BCUT2D eigenvalue weighted by atomic mass is 9.92. The van der Waals surface area contributed by atoms with Crippen LogP contribution in [0.4, 0.5) is 5.69 Å². The highest BCUT2D eigenvalue weighted by molar-refractivity contribution is 5.92. The van der Waals surface area contributed by atoms with Crippen molar-refractivity contribution in [2.24, 2.45) is 11.8 Å². The zero-order chi connectivity index (χ0) is 14.5. The molecule has 1 heterocycles. The Kier molecular flexibility index (Phi) is 4.75. The molecular formula is C16H21N3O. The van der Waals surface area contributed by atoms with E-state index in [0.29, 0.717) is 29.6 Å². The molecule has 1 N–H and O–H groups in total. The number of hydrogen-bond donors (Lipinski definition) is 1. The topological polar surface area (TPSA) is 56.1 Å². The van der Waals surface area contributed by atoms with Crippen LogP contribution in [0.3, 0.4) is 0 Å². The van der Waals surface area contributed by atoms with Crippen LogP contribution in [0.1, 0.15) is 25.8 Å². The Hall–Kier alpha value is -1.86. The monoisotopic (exact) mass is 271 g/mol. The number of nitriles is 1. The largest absolute Gasteiger partial charge is 0.325 e. The van der Waals surface area contributed by atoms with E-state index < -0.39 is 0 Å². The van der Waals surface area contributed by atoms with Gasteiger partial charge in [-0.1, -0.05) is 19.9 Å². The molecule has 0 aliphatic carbocycles. The molecule has 0 unspecified atom stereocenters. The van der Waals surface area contributed by atoms with Crippen molar-refractivity contribution in [1.29, 1.82) is 5.26 Å². The Balaban J connectivity index is 1.90. The lowest BCUT2D eigenvalue weighted by Gasteiger charge is -2.34. The number of carbonyl (C=O) groups excluding carboxylic acids is 1. The molecule has 0 aromatic heterocycles. The summed E-state index contributed by atoms with van der Waals surface area (Å²) in [5, 5.41) is 11.7. The SMILES string of the molecule is C[C@@H]1C[C@H](C)CN(CC(=O)Nc2cccc(C#N)c2)C1. The van der Waals surface area contributed by atoms with Crippen molar-refractivity contribution in [3.05, 3.63) is 29.8 Å². The number of benzene rings is 1. The molecule has 1 aromatic carbocycles. The number of likely N-dealkylation sites (tertiary alicyclic amines) is 1. The van der Waals surface area contributed by atoms with Gasteiger partial charge in [-0.15, -0.1) is 0 Å². The fraction of sp³-hybridized carbons (Fsp3) is 0.500. The van der Waals surface area contributed by atoms with E-state index in [9.17, 15) is 4.79 Å². The highest BCUT2D eigenvalue weighted by Gasteiger charge is 2.23. The molecule has 0 bridgehead atoms. The van der Waals surface area contributed by atoms with Gasteiger partial charge >= 0.3 is 0 Å². The normalized spacial score (nSPS) is 23.1. The van der Waals surface area contributed by atoms with Gasteiger partial charge in [0.05, 0.1) is 18.2 Å². The summed E-state index contributed by atoms with van der Waals surface area (Å²) in [7, 11) is 0. The number of rotatable bonds is 3. The summed E-state index contributed by atoms with van der Waals surface area (Å²) in [4.78, 5) is 14.3. The van der Waals surface area contributed by atoms with Gasteiger partial charge in [-0.2, -0.15) is 5.26 Å². The van der Waals surface area contributed by atoms with Crippen molar-refractivity contribution in [3.8, 4) is 6.07 Å². The van der Waals surface area contributed by atoms with Gasteiger partial charge in [0.1, 0.15) is 0 Å². The number of nitrogens with one attached hydrogen (secondary N) is 1. The lowest BCUT2D eigenvalue weighted by Crippen LogP contribution is -2.42. The van der Waals surface area contributed by atoms with E-state index in [-0.39, 0.29) is 5.91 Å². The molecule has 1 saturated heterocycles. The van der Waals surface area contributed by atoms with E-state index >= 15 is 0 Å². The second-order valence-electron chi connectivity index (χ2n) is 5.88. The average Bonchev–Trinajstić information content (AvgIpc) is 2.37. The van der Waals surface area contributed by atoms with Crippen molar-refractivity contribution in [2.75, 3.05) is 25.0 Å². The highest BCUT2D eigenvalue weighted by atomic mass is 16.2. The molecule has 0 spiro atoms. The van der Waals surface area contributed by atoms with Crippen molar-refractivity contribution < 1.29 is 4.79 Å². The van der Waals surface area contributed by atoms with Crippen LogP contribution in [0, 0.1) is 23.2 Å². The third-order valence-electron chi connectivity index (χ3n) is 3.59. The molecule has 106 valence electrons. The quantitative estimate of drug-likeness (QED) is 0.918. The van der Waals surface area contributed by atoms with Gasteiger partial charge in [0, 0.05) is 18.8 Å². The van der Waals surface area contributed by atoms with Crippen LogP contribution in [0.25, 0.3) is 0 Å². The molecule has 20 heavy (non-hydrogen) atoms. The average molecular weight is 271 g/mol. The maximum absolute atomic E-state index is 12.1. The van der Waals surface area contributed by atoms with Crippen LogP contribution in [0.2, 0.25) is 0 Å². The van der Waals surface area contributed by atoms with Crippen LogP contribution in [0.5, 0.6) is 0 Å². The van der Waals surface area contributed by atoms with Gasteiger partial charge in [0.15, 0.2) is 0 Å². The van der Waals surface area contributed by atoms with Crippen molar-refractivity contribution in [3.63, 3.8) is 0 Å². The molecule has 1 aromatic rings. The lowest BCUT2D eigenvalue weighted by molar-refractivity contribution is -0.117. The smallest absolute Gasteiger partial charge is 0.238 e. The predicted molar refractivity (Wildman–Crippen MR) is 79.2 cm³/mol. The van der Waals surface area contributed by atoms with E-state index in [1.54, 1.807) is 24.3 Å². The second-order valence-corrected chi connectivity index (χ2v) is 5.88. The minimum absolute atomic E-state index is 0.0126. The van der Waals surface area contributed by atoms with E-state index in [0.717, 1.165) is 13.1 Å². The fourth-order valence-corrected chi connectivity index (χ4v) is 2.99. The third-order valence-corrected chi connectivity index (χ3v) is 3.59. The summed E-state index contributed by atoms with van der Waals surface area (Å²) in [6, 6.07) is 9.07. The first-order chi connectivity index (χ1) is 9.56. The van der Waals surface area contributed by atoms with Crippen LogP contribution in [0.15, 0.2) is 24.3 Å². The number of carbonyl (C=O) groups is 1. The van der Waals surface area contributed by atoms with Crippen molar-refractivity contribution >= 4 is 11.6 Å². The highest BCUT2D eigenvalue weighted by Crippen LogP contribution is 2.20. The van der Waals surface area contributed by atoms with Gasteiger partial charge < -0.3 is 5.32 Å². The number of anilines is 1. The molecule has 4 nitrogen and oxygen atoms in total. The zero-order valence-electron chi connectivity index (χ0n) is 12.1. The number of amides is 1. The van der Waals surface area contributed by atoms with E-state index in [1.807, 2.05) is 0 Å². The molecule has 4 heteroatoms. The number of piperidine rings is 1. The van der Waals surface area contributed by atoms with Gasteiger partial charge in [-0.3, -0.25) is 9.69 Å². The number of hydrogen-bond acceptors (Lipinski definition) is 3. The summed E-state index contributed by atoms with van der Waals surface area (Å²) >= 11 is 0. The molecular weight excluding hydrogens is 250 g/mol. The Morgan fingerprint density at radius 2 is 2.10 bits per heavy atom. The summed E-state index contributed by atoms with van der Waals surface area (Å²) in [6.07, 6.45) is 1.24. The van der Waals surface area contributed by atoms with E-state index in [1.165, 1.54) is 6.42 Å². The maximum atomic E-state index is 12.1. The van der Waals surface area contributed by atoms with Crippen molar-refractivity contribution in [2.45, 2.75) is 20.3 Å². The molecule has 2 rings (SSSR count). The van der Waals surface area contributed by atoms with Crippen LogP contribution < -0.4 is 5.32 Å². The minimum Gasteiger partial charge on any atom is -0.325 e. The first-order valence-electron chi connectivity index (χ1n) is 7.09. The van der Waals surface area contributed by atoms with Crippen LogP contribution in [-0.2, 0) is 4.79 Å². The third kappa shape index (κ3) is 4.07. The number of nitrogens with zero attached hydrogens (tertiary/aromatic N) is 2. The molecule has 0 saturated carbocycles. The Morgan fingerprint density at radius 1 is 1.40 bits per heavy atom. The summed E-state index contributed by atoms with van der Waals surface area (Å²) in [5.74, 6) is 1.28. The molecule has 0 radical (unpaired) electrons. The first kappa shape index (κ1) is 14.5. The van der Waals surface area contributed by atoms with Crippen LogP contribution in [-0.4, -0.2) is 30.4 Å². The summed E-state index contributed by atoms with van der Waals surface area (Å²) in [6.45, 7) is 6.85. The van der Waals surface area contributed by atoms with Gasteiger partial charge in [-0.25, -0.2) is 0 Å². The second kappa shape index (κ2) is 6.53. The Morgan fingerprint density at radius 3 is 2.75 bits per heavy atom.